The van der Waals surface area contributed by atoms with Gasteiger partial charge in [-0.1, -0.05) is 19.3 Å². The largest absolute Gasteiger partial charge is 0.629 e. The van der Waals surface area contributed by atoms with Crippen molar-refractivity contribution in [1.82, 2.24) is 9.78 Å². The molecular weight excluding hydrogens is 394 g/mol. The van der Waals surface area contributed by atoms with Gasteiger partial charge in [-0.05, 0) is 30.4 Å². The molecule has 1 saturated carbocycles. The third kappa shape index (κ3) is 3.84. The van der Waals surface area contributed by atoms with Gasteiger partial charge in [-0.25, -0.2) is 0 Å². The Bertz CT molecular complexity index is 1010. The second-order valence-electron chi connectivity index (χ2n) is 8.94. The highest BCUT2D eigenvalue weighted by atomic mass is 16.5. The van der Waals surface area contributed by atoms with E-state index in [4.69, 9.17) is 5.73 Å². The fraction of sp³-hybridized carbons (Fsp3) is 0.500. The van der Waals surface area contributed by atoms with Crippen molar-refractivity contribution in [2.75, 3.05) is 16.9 Å². The minimum atomic E-state index is -0.522. The number of aryl methyl sites for hydroxylation is 1. The van der Waals surface area contributed by atoms with E-state index in [0.29, 0.717) is 24.5 Å². The lowest BCUT2D eigenvalue weighted by Crippen LogP contribution is -3.00. The highest BCUT2D eigenvalue weighted by Crippen LogP contribution is 2.36. The smallest absolute Gasteiger partial charge is 0.241 e. The Labute approximate surface area is 181 Å². The summed E-state index contributed by atoms with van der Waals surface area (Å²) in [5.41, 5.74) is 10.5. The summed E-state index contributed by atoms with van der Waals surface area (Å²) in [7, 11) is 1.87. The number of hydrogen-bond acceptors (Lipinski definition) is 6. The average molecular weight is 424 g/mol. The first-order valence-electron chi connectivity index (χ1n) is 11.1. The molecule has 0 spiro atoms. The quantitative estimate of drug-likeness (QED) is 0.643. The fourth-order valence-electron chi connectivity index (χ4n) is 5.12. The maximum atomic E-state index is 12.9. The van der Waals surface area contributed by atoms with E-state index < -0.39 is 6.04 Å². The van der Waals surface area contributed by atoms with E-state index in [1.165, 1.54) is 6.42 Å². The second-order valence-corrected chi connectivity index (χ2v) is 8.94. The number of nitrogens with two attached hydrogens (primary N) is 1. The summed E-state index contributed by atoms with van der Waals surface area (Å²) < 4.78 is 1.73. The van der Waals surface area contributed by atoms with E-state index in [9.17, 15) is 10.0 Å². The molecule has 0 bridgehead atoms. The van der Waals surface area contributed by atoms with Crippen LogP contribution < -0.4 is 21.1 Å². The summed E-state index contributed by atoms with van der Waals surface area (Å²) in [6, 6.07) is 3.25. The molecule has 2 unspecified atom stereocenters. The van der Waals surface area contributed by atoms with Gasteiger partial charge < -0.3 is 21.3 Å². The summed E-state index contributed by atoms with van der Waals surface area (Å²) in [5, 5.41) is 26.5. The first-order valence-corrected chi connectivity index (χ1v) is 11.1. The Balaban J connectivity index is 1.42. The maximum Gasteiger partial charge on any atom is 0.241 e. The minimum absolute atomic E-state index is 0.0339. The van der Waals surface area contributed by atoms with Crippen LogP contribution in [0.1, 0.15) is 49.1 Å². The molecule has 9 heteroatoms. The summed E-state index contributed by atoms with van der Waals surface area (Å²) in [5.74, 6) is 0.0219. The van der Waals surface area contributed by atoms with Crippen molar-refractivity contribution in [3.05, 3.63) is 40.9 Å². The predicted octanol–water partition coefficient (Wildman–Crippen LogP) is 1.38. The van der Waals surface area contributed by atoms with Crippen LogP contribution in [0.3, 0.4) is 0 Å². The van der Waals surface area contributed by atoms with Crippen molar-refractivity contribution >= 4 is 29.2 Å². The number of amides is 1. The van der Waals surface area contributed by atoms with Gasteiger partial charge in [-0.15, -0.1) is 0 Å². The maximum absolute atomic E-state index is 12.9. The number of nitrogens with zero attached hydrogens (tertiary/aromatic N) is 4. The standard InChI is InChI=1S/C22H29N7O2/c1-27-13-18(10-24-27)28-11-15-7-17(8-19-20(15)16(9-25-28)12-29(19)31)26-22(30)21(23)14-5-3-2-4-6-14/h7-10,13-14,16,21,29H,2-6,11-12,23H2,1H3,(H,26,30). The third-order valence-corrected chi connectivity index (χ3v) is 6.77. The molecule has 1 aromatic heterocycles. The van der Waals surface area contributed by atoms with E-state index in [1.807, 2.05) is 30.5 Å². The average Bonchev–Trinajstić information content (AvgIpc) is 3.28. The summed E-state index contributed by atoms with van der Waals surface area (Å²) >= 11 is 0. The zero-order valence-electron chi connectivity index (χ0n) is 17.8. The number of quaternary nitrogens is 1. The highest BCUT2D eigenvalue weighted by Gasteiger charge is 2.35. The van der Waals surface area contributed by atoms with Gasteiger partial charge in [0.05, 0.1) is 36.9 Å². The second kappa shape index (κ2) is 8.07. The van der Waals surface area contributed by atoms with Gasteiger partial charge in [0.25, 0.3) is 0 Å². The third-order valence-electron chi connectivity index (χ3n) is 6.77. The van der Waals surface area contributed by atoms with E-state index in [1.54, 1.807) is 16.9 Å². The number of hydrazone groups is 1. The molecule has 2 aliphatic heterocycles. The van der Waals surface area contributed by atoms with Crippen LogP contribution in [-0.2, 0) is 18.4 Å². The van der Waals surface area contributed by atoms with E-state index >= 15 is 0 Å². The molecule has 164 valence electrons. The molecule has 1 aliphatic carbocycles. The van der Waals surface area contributed by atoms with Crippen LogP contribution in [0.4, 0.5) is 17.1 Å². The van der Waals surface area contributed by atoms with Crippen LogP contribution >= 0.6 is 0 Å². The molecule has 0 saturated heterocycles. The number of nitrogens with one attached hydrogen (secondary N) is 2. The molecule has 1 amide bonds. The number of hydroxylamine groups is 1. The zero-order valence-corrected chi connectivity index (χ0v) is 17.8. The summed E-state index contributed by atoms with van der Waals surface area (Å²) in [4.78, 5) is 12.9. The Morgan fingerprint density at radius 2 is 2.13 bits per heavy atom. The lowest BCUT2D eigenvalue weighted by Gasteiger charge is -2.27. The van der Waals surface area contributed by atoms with Crippen molar-refractivity contribution in [1.29, 1.82) is 0 Å². The molecule has 9 nitrogen and oxygen atoms in total. The van der Waals surface area contributed by atoms with E-state index in [0.717, 1.165) is 42.5 Å². The van der Waals surface area contributed by atoms with Gasteiger partial charge in [0.1, 0.15) is 5.69 Å². The first-order chi connectivity index (χ1) is 15.0. The zero-order chi connectivity index (χ0) is 21.5. The summed E-state index contributed by atoms with van der Waals surface area (Å²) in [6.07, 6.45) is 11.0. The fourth-order valence-corrected chi connectivity index (χ4v) is 5.12. The Kier molecular flexibility index (Phi) is 5.25. The number of aromatic nitrogens is 2. The van der Waals surface area contributed by atoms with Crippen LogP contribution in [0.5, 0.6) is 0 Å². The number of benzene rings is 1. The van der Waals surface area contributed by atoms with Crippen LogP contribution in [0.15, 0.2) is 29.6 Å². The Hall–Kier alpha value is -2.75. The summed E-state index contributed by atoms with van der Waals surface area (Å²) in [6.45, 7) is 0.915. The molecule has 3 atom stereocenters. The SMILES string of the molecule is Cn1cc(N2Cc3cc(NC(=O)C(N)C4CCCCC4)cc4c3C(C=N2)C[N@H+]4[O-])cn1. The van der Waals surface area contributed by atoms with E-state index in [2.05, 4.69) is 15.5 Å². The van der Waals surface area contributed by atoms with Crippen molar-refractivity contribution in [2.24, 2.45) is 23.8 Å². The molecule has 3 aliphatic rings. The van der Waals surface area contributed by atoms with Gasteiger partial charge in [0.2, 0.25) is 5.91 Å². The Morgan fingerprint density at radius 3 is 2.87 bits per heavy atom. The van der Waals surface area contributed by atoms with Crippen LogP contribution in [0.2, 0.25) is 0 Å². The number of carbonyl (C=O) groups is 1. The molecule has 2 aromatic rings. The van der Waals surface area contributed by atoms with Gasteiger partial charge in [0.15, 0.2) is 0 Å². The number of anilines is 2. The van der Waals surface area contributed by atoms with Crippen molar-refractivity contribution in [3.63, 3.8) is 0 Å². The van der Waals surface area contributed by atoms with Crippen molar-refractivity contribution in [2.45, 2.75) is 50.6 Å². The van der Waals surface area contributed by atoms with Gasteiger partial charge in [-0.3, -0.25) is 14.5 Å². The molecule has 1 fully saturated rings. The minimum Gasteiger partial charge on any atom is -0.629 e. The van der Waals surface area contributed by atoms with Crippen LogP contribution in [-0.4, -0.2) is 34.5 Å². The lowest BCUT2D eigenvalue weighted by atomic mass is 9.84. The molecule has 3 heterocycles. The van der Waals surface area contributed by atoms with Crippen LogP contribution in [0.25, 0.3) is 0 Å². The molecule has 31 heavy (non-hydrogen) atoms. The first kappa shape index (κ1) is 20.2. The normalized spacial score (nSPS) is 24.0. The topological polar surface area (TPSA) is 116 Å². The van der Waals surface area contributed by atoms with Gasteiger partial charge in [-0.2, -0.15) is 10.2 Å². The monoisotopic (exact) mass is 423 g/mol. The molecule has 0 radical (unpaired) electrons. The Morgan fingerprint density at radius 1 is 1.32 bits per heavy atom. The van der Waals surface area contributed by atoms with E-state index in [-0.39, 0.29) is 22.8 Å². The molecule has 1 aromatic carbocycles. The number of rotatable bonds is 4. The molecule has 4 N–H and O–H groups in total. The van der Waals surface area contributed by atoms with Crippen molar-refractivity contribution < 1.29 is 9.86 Å². The molecule has 5 rings (SSSR count). The van der Waals surface area contributed by atoms with Gasteiger partial charge >= 0.3 is 0 Å². The molecular formula is C22H29N7O2. The number of hydrogen-bond donors (Lipinski definition) is 3. The highest BCUT2D eigenvalue weighted by molar-refractivity contribution is 5.95. The van der Waals surface area contributed by atoms with Crippen LogP contribution in [0, 0.1) is 11.1 Å². The predicted molar refractivity (Wildman–Crippen MR) is 119 cm³/mol. The number of carbonyl (C=O) groups excluding carboxylic acids is 1. The lowest BCUT2D eigenvalue weighted by molar-refractivity contribution is -0.769. The van der Waals surface area contributed by atoms with Gasteiger partial charge in [0, 0.05) is 36.8 Å². The van der Waals surface area contributed by atoms with Crippen molar-refractivity contribution in [3.8, 4) is 0 Å².